The van der Waals surface area contributed by atoms with Gasteiger partial charge in [0.25, 0.3) is 12.6 Å². The summed E-state index contributed by atoms with van der Waals surface area (Å²) in [5, 5.41) is 12.3. The molecule has 0 aliphatic carbocycles. The molecular formula is C25H23N4O+. The Hall–Kier alpha value is -3.39. The molecule has 2 aromatic carbocycles. The Morgan fingerprint density at radius 2 is 1.97 bits per heavy atom. The fourth-order valence-corrected chi connectivity index (χ4v) is 5.56. The Morgan fingerprint density at radius 1 is 1.20 bits per heavy atom. The lowest BCUT2D eigenvalue weighted by Gasteiger charge is -2.29. The summed E-state index contributed by atoms with van der Waals surface area (Å²) in [6, 6.07) is 10.9. The van der Waals surface area contributed by atoms with Crippen LogP contribution in [0.2, 0.25) is 0 Å². The summed E-state index contributed by atoms with van der Waals surface area (Å²) in [5.41, 5.74) is 8.87. The highest BCUT2D eigenvalue weighted by Crippen LogP contribution is 2.51. The van der Waals surface area contributed by atoms with Crippen LogP contribution in [-0.2, 0) is 4.74 Å². The van der Waals surface area contributed by atoms with E-state index in [0.717, 1.165) is 44.3 Å². The first-order chi connectivity index (χ1) is 14.5. The fraction of sp³-hybridized carbons (Fsp3) is 0.320. The molecule has 3 aromatic rings. The first kappa shape index (κ1) is 17.5. The van der Waals surface area contributed by atoms with Crippen LogP contribution in [0.15, 0.2) is 35.0 Å². The minimum atomic E-state index is -0.233. The van der Waals surface area contributed by atoms with Crippen LogP contribution in [0.1, 0.15) is 36.1 Å². The fourth-order valence-electron chi connectivity index (χ4n) is 5.56. The van der Waals surface area contributed by atoms with E-state index in [1.54, 1.807) is 0 Å². The molecule has 4 heterocycles. The number of fused-ring (bicyclic) bond motifs is 5. The number of hydrogen-bond acceptors (Lipinski definition) is 3. The largest absolute Gasteiger partial charge is 0.449 e. The highest BCUT2D eigenvalue weighted by molar-refractivity contribution is 6.25. The van der Waals surface area contributed by atoms with E-state index in [9.17, 15) is 5.26 Å². The quantitative estimate of drug-likeness (QED) is 0.567. The van der Waals surface area contributed by atoms with Crippen molar-refractivity contribution in [3.8, 4) is 6.07 Å². The van der Waals surface area contributed by atoms with E-state index in [0.29, 0.717) is 0 Å². The van der Waals surface area contributed by atoms with Gasteiger partial charge in [-0.25, -0.2) is 4.58 Å². The summed E-state index contributed by atoms with van der Waals surface area (Å²) in [6.07, 6.45) is 1.65. The minimum Gasteiger partial charge on any atom is -0.449 e. The van der Waals surface area contributed by atoms with Crippen LogP contribution in [0.25, 0.3) is 27.5 Å². The zero-order chi connectivity index (χ0) is 20.9. The molecule has 3 aliphatic rings. The number of allylic oxidation sites excluding steroid dienone is 1. The zero-order valence-corrected chi connectivity index (χ0v) is 17.8. The molecule has 2 atom stereocenters. The molecule has 0 bridgehead atoms. The van der Waals surface area contributed by atoms with Crippen molar-refractivity contribution in [1.82, 2.24) is 4.57 Å². The van der Waals surface area contributed by atoms with E-state index in [-0.39, 0.29) is 18.1 Å². The van der Waals surface area contributed by atoms with Gasteiger partial charge in [-0.3, -0.25) is 0 Å². The van der Waals surface area contributed by atoms with E-state index in [1.165, 1.54) is 17.0 Å². The number of nitrogens with zero attached hydrogens (tertiary/aromatic N) is 4. The normalized spacial score (nSPS) is 21.6. The Labute approximate surface area is 175 Å². The number of benzene rings is 2. The van der Waals surface area contributed by atoms with Crippen molar-refractivity contribution in [1.29, 1.82) is 5.26 Å². The number of hydrogen-bond donors (Lipinski definition) is 0. The summed E-state index contributed by atoms with van der Waals surface area (Å²) < 4.78 is 11.0. The maximum absolute atomic E-state index is 10.1. The van der Waals surface area contributed by atoms with Gasteiger partial charge in [-0.1, -0.05) is 32.0 Å². The van der Waals surface area contributed by atoms with Crippen LogP contribution in [0.4, 0.5) is 0 Å². The van der Waals surface area contributed by atoms with Gasteiger partial charge in [0.05, 0.1) is 29.3 Å². The predicted octanol–water partition coefficient (Wildman–Crippen LogP) is 4.57. The molecule has 5 nitrogen and oxygen atoms in total. The number of rotatable bonds is 1. The average molecular weight is 395 g/mol. The lowest BCUT2D eigenvalue weighted by atomic mass is 9.82. The maximum atomic E-state index is 10.1. The van der Waals surface area contributed by atoms with Crippen molar-refractivity contribution in [3.63, 3.8) is 0 Å². The van der Waals surface area contributed by atoms with Crippen molar-refractivity contribution in [3.05, 3.63) is 52.3 Å². The molecule has 148 valence electrons. The van der Waals surface area contributed by atoms with Crippen molar-refractivity contribution < 1.29 is 9.31 Å². The number of nitriles is 1. The van der Waals surface area contributed by atoms with Gasteiger partial charge in [0.15, 0.2) is 0 Å². The van der Waals surface area contributed by atoms with Crippen molar-refractivity contribution in [2.75, 3.05) is 7.05 Å². The lowest BCUT2D eigenvalue weighted by Crippen LogP contribution is -2.40. The third kappa shape index (κ3) is 1.83. The standard InChI is InChI=1S/C25H23N4O/c1-12(2)24-23-20-21(28(5)11-27-25(20)30-24)18-14(4)13(3)16(10-26)19-15-8-6-7-9-17(15)29(23)22(18)19/h6-9,11-12,20,25H,1-5H3/q+1. The summed E-state index contributed by atoms with van der Waals surface area (Å²) in [5.74, 6) is 1.29. The Balaban J connectivity index is 1.97. The summed E-state index contributed by atoms with van der Waals surface area (Å²) >= 11 is 0. The Bertz CT molecular complexity index is 1440. The maximum Gasteiger partial charge on any atom is 0.294 e. The molecule has 0 radical (unpaired) electrons. The molecule has 3 aliphatic heterocycles. The van der Waals surface area contributed by atoms with Crippen LogP contribution >= 0.6 is 0 Å². The van der Waals surface area contributed by atoms with E-state index < -0.39 is 0 Å². The zero-order valence-electron chi connectivity index (χ0n) is 17.8. The topological polar surface area (TPSA) is 53.3 Å². The second-order valence-electron chi connectivity index (χ2n) is 8.84. The van der Waals surface area contributed by atoms with Crippen molar-refractivity contribution in [2.45, 2.75) is 33.9 Å². The molecule has 6 rings (SSSR count). The first-order valence-corrected chi connectivity index (χ1v) is 10.5. The van der Waals surface area contributed by atoms with Gasteiger partial charge in [0.2, 0.25) is 0 Å². The van der Waals surface area contributed by atoms with Gasteiger partial charge >= 0.3 is 0 Å². The van der Waals surface area contributed by atoms with Crippen LogP contribution in [0.5, 0.6) is 0 Å². The molecule has 0 spiro atoms. The van der Waals surface area contributed by atoms with E-state index in [1.807, 2.05) is 6.34 Å². The third-order valence-corrected chi connectivity index (χ3v) is 6.95. The molecule has 1 aromatic heterocycles. The van der Waals surface area contributed by atoms with Crippen LogP contribution in [0, 0.1) is 37.0 Å². The second kappa shape index (κ2) is 5.60. The summed E-state index contributed by atoms with van der Waals surface area (Å²) in [7, 11) is 2.07. The number of aromatic nitrogens is 1. The van der Waals surface area contributed by atoms with Crippen LogP contribution < -0.4 is 0 Å². The monoisotopic (exact) mass is 395 g/mol. The number of para-hydroxylation sites is 1. The smallest absolute Gasteiger partial charge is 0.294 e. The molecule has 5 heteroatoms. The molecule has 0 saturated heterocycles. The van der Waals surface area contributed by atoms with Crippen molar-refractivity contribution in [2.24, 2.45) is 16.8 Å². The molecule has 30 heavy (non-hydrogen) atoms. The molecule has 0 amide bonds. The van der Waals surface area contributed by atoms with Gasteiger partial charge in [-0.2, -0.15) is 5.26 Å². The van der Waals surface area contributed by atoms with Crippen molar-refractivity contribution >= 4 is 39.6 Å². The summed E-state index contributed by atoms with van der Waals surface area (Å²) in [4.78, 5) is 4.73. The molecule has 0 fully saturated rings. The first-order valence-electron chi connectivity index (χ1n) is 10.5. The van der Waals surface area contributed by atoms with E-state index in [2.05, 4.69) is 74.2 Å². The summed E-state index contributed by atoms with van der Waals surface area (Å²) in [6.45, 7) is 8.56. The minimum absolute atomic E-state index is 0.0509. The lowest BCUT2D eigenvalue weighted by molar-refractivity contribution is -0.366. The van der Waals surface area contributed by atoms with Gasteiger partial charge in [-0.05, 0) is 36.0 Å². The molecule has 2 unspecified atom stereocenters. The molecule has 0 N–H and O–H groups in total. The Kier molecular flexibility index (Phi) is 3.26. The average Bonchev–Trinajstić information content (AvgIpc) is 3.28. The predicted molar refractivity (Wildman–Crippen MR) is 119 cm³/mol. The third-order valence-electron chi connectivity index (χ3n) is 6.95. The highest BCUT2D eigenvalue weighted by Gasteiger charge is 2.53. The van der Waals surface area contributed by atoms with Gasteiger partial charge in [-0.15, -0.1) is 0 Å². The van der Waals surface area contributed by atoms with Gasteiger partial charge in [0.1, 0.15) is 23.5 Å². The van der Waals surface area contributed by atoms with Crippen LogP contribution in [0.3, 0.4) is 0 Å². The SMILES string of the molecule is Cc1c(C)c2c3c(c1C#N)c1ccccc1n3C1=C(C(C)C)OC3N=C[N+](C)=C2C13. The van der Waals surface area contributed by atoms with E-state index in [4.69, 9.17) is 9.73 Å². The molecule has 0 saturated carbocycles. The number of aliphatic imine (C=N–C) groups is 1. The second-order valence-corrected chi connectivity index (χ2v) is 8.84. The van der Waals surface area contributed by atoms with Gasteiger partial charge in [0, 0.05) is 22.3 Å². The molecular weight excluding hydrogens is 372 g/mol. The highest BCUT2D eigenvalue weighted by atomic mass is 16.5. The van der Waals surface area contributed by atoms with E-state index >= 15 is 0 Å². The van der Waals surface area contributed by atoms with Gasteiger partial charge < -0.3 is 9.30 Å². The van der Waals surface area contributed by atoms with Crippen LogP contribution in [-0.4, -0.2) is 34.5 Å². The number of ether oxygens (including phenoxy) is 1. The Morgan fingerprint density at radius 3 is 2.70 bits per heavy atom.